The fourth-order valence-corrected chi connectivity index (χ4v) is 4.10. The number of anilines is 1. The van der Waals surface area contributed by atoms with Crippen LogP contribution < -0.4 is 10.6 Å². The molecule has 1 heterocycles. The van der Waals surface area contributed by atoms with Crippen molar-refractivity contribution in [3.63, 3.8) is 0 Å². The van der Waals surface area contributed by atoms with Gasteiger partial charge in [0.15, 0.2) is 18.5 Å². The van der Waals surface area contributed by atoms with Gasteiger partial charge in [-0.2, -0.15) is 0 Å². The summed E-state index contributed by atoms with van der Waals surface area (Å²) in [7, 11) is 1.32. The summed E-state index contributed by atoms with van der Waals surface area (Å²) in [6.07, 6.45) is -7.90. The van der Waals surface area contributed by atoms with Crippen LogP contribution in [0.3, 0.4) is 0 Å². The number of alkyl carbamates (subject to hydrolysis) is 1. The first kappa shape index (κ1) is 34.2. The molecule has 1 aliphatic rings. The molecular weight excluding hydrogens is 583 g/mol. The number of benzene rings is 2. The van der Waals surface area contributed by atoms with Crippen molar-refractivity contribution in [3.8, 4) is 0 Å². The Balaban J connectivity index is 1.83. The van der Waals surface area contributed by atoms with E-state index in [0.29, 0.717) is 0 Å². The summed E-state index contributed by atoms with van der Waals surface area (Å²) in [6, 6.07) is 13.0. The average molecular weight is 621 g/mol. The largest absolute Gasteiger partial charge is 0.454 e. The molecule has 2 aromatic rings. The first-order valence-corrected chi connectivity index (χ1v) is 13.8. The molecule has 0 unspecified atom stereocenters. The molecule has 0 bridgehead atoms. The summed E-state index contributed by atoms with van der Waals surface area (Å²) < 4.78 is 52.4. The van der Waals surface area contributed by atoms with E-state index in [9.17, 15) is 23.6 Å². The molecule has 1 aliphatic heterocycles. The molecule has 1 fully saturated rings. The maximum atomic E-state index is 13.2. The van der Waals surface area contributed by atoms with E-state index in [-0.39, 0.29) is 17.9 Å². The number of nitrogens with one attached hydrogen (secondary N) is 2. The topological polar surface area (TPSA) is 157 Å². The van der Waals surface area contributed by atoms with Gasteiger partial charge in [0.25, 0.3) is 0 Å². The SMILES string of the molecule is CCO[C@H]1O[C@H](COC(=O)Nc2ccc(F)cc2)[C@@H](OC(=O)c2ccccc2)[C@H](OC(=O)CNC(=O)OC(C)(C)C)[C@H]1OC. The molecule has 0 saturated carbocycles. The molecule has 13 nitrogen and oxygen atoms in total. The molecule has 3 rings (SSSR count). The second-order valence-electron chi connectivity index (χ2n) is 10.5. The van der Waals surface area contributed by atoms with Gasteiger partial charge in [-0.15, -0.1) is 0 Å². The molecule has 240 valence electrons. The van der Waals surface area contributed by atoms with Crippen LogP contribution in [0.25, 0.3) is 0 Å². The zero-order valence-electron chi connectivity index (χ0n) is 25.1. The molecule has 2 N–H and O–H groups in total. The van der Waals surface area contributed by atoms with Crippen LogP contribution in [0, 0.1) is 5.82 Å². The lowest BCUT2D eigenvalue weighted by molar-refractivity contribution is -0.305. The Kier molecular flexibility index (Phi) is 12.4. The quantitative estimate of drug-likeness (QED) is 0.278. The minimum atomic E-state index is -1.37. The van der Waals surface area contributed by atoms with Crippen molar-refractivity contribution >= 4 is 29.8 Å². The molecule has 0 aliphatic carbocycles. The lowest BCUT2D eigenvalue weighted by Gasteiger charge is -2.44. The van der Waals surface area contributed by atoms with Gasteiger partial charge in [-0.3, -0.25) is 10.1 Å². The third-order valence-corrected chi connectivity index (χ3v) is 5.96. The van der Waals surface area contributed by atoms with Crippen LogP contribution in [0.15, 0.2) is 54.6 Å². The van der Waals surface area contributed by atoms with E-state index in [1.807, 2.05) is 0 Å². The molecule has 14 heteroatoms. The van der Waals surface area contributed by atoms with Gasteiger partial charge in [0.2, 0.25) is 0 Å². The predicted molar refractivity (Wildman–Crippen MR) is 152 cm³/mol. The lowest BCUT2D eigenvalue weighted by atomic mass is 9.98. The van der Waals surface area contributed by atoms with E-state index in [2.05, 4.69) is 10.6 Å². The number of methoxy groups -OCH3 is 1. The maximum absolute atomic E-state index is 13.2. The fraction of sp³-hybridized carbons (Fsp3) is 0.467. The summed E-state index contributed by atoms with van der Waals surface area (Å²) in [5, 5.41) is 4.76. The number of halogens is 1. The number of amides is 2. The van der Waals surface area contributed by atoms with Crippen LogP contribution in [0.2, 0.25) is 0 Å². The molecule has 5 atom stereocenters. The number of carbonyl (C=O) groups excluding carboxylic acids is 4. The summed E-state index contributed by atoms with van der Waals surface area (Å²) in [5.41, 5.74) is -0.337. The van der Waals surface area contributed by atoms with Crippen molar-refractivity contribution in [3.05, 3.63) is 66.0 Å². The van der Waals surface area contributed by atoms with Gasteiger partial charge in [0.1, 0.15) is 36.8 Å². The maximum Gasteiger partial charge on any atom is 0.411 e. The third-order valence-electron chi connectivity index (χ3n) is 5.96. The predicted octanol–water partition coefficient (Wildman–Crippen LogP) is 3.81. The first-order chi connectivity index (χ1) is 20.9. The summed E-state index contributed by atoms with van der Waals surface area (Å²) >= 11 is 0. The van der Waals surface area contributed by atoms with Gasteiger partial charge in [0.05, 0.1) is 5.56 Å². The zero-order chi connectivity index (χ0) is 32.3. The van der Waals surface area contributed by atoms with E-state index in [0.717, 1.165) is 12.1 Å². The number of hydrogen-bond donors (Lipinski definition) is 2. The summed E-state index contributed by atoms with van der Waals surface area (Å²) in [5.74, 6) is -2.17. The number of rotatable bonds is 11. The van der Waals surface area contributed by atoms with Crippen molar-refractivity contribution in [1.82, 2.24) is 5.32 Å². The smallest absolute Gasteiger partial charge is 0.411 e. The number of hydrogen-bond acceptors (Lipinski definition) is 11. The monoisotopic (exact) mass is 620 g/mol. The Labute approximate surface area is 254 Å². The van der Waals surface area contributed by atoms with Crippen molar-refractivity contribution in [1.29, 1.82) is 0 Å². The highest BCUT2D eigenvalue weighted by Gasteiger charge is 2.51. The Morgan fingerprint density at radius 2 is 1.59 bits per heavy atom. The highest BCUT2D eigenvalue weighted by Crippen LogP contribution is 2.30. The minimum absolute atomic E-state index is 0.165. The molecule has 0 spiro atoms. The third kappa shape index (κ3) is 10.5. The van der Waals surface area contributed by atoms with Gasteiger partial charge in [-0.25, -0.2) is 18.8 Å². The van der Waals surface area contributed by atoms with E-state index in [1.54, 1.807) is 45.9 Å². The Morgan fingerprint density at radius 1 is 0.909 bits per heavy atom. The average Bonchev–Trinajstić information content (AvgIpc) is 2.97. The Morgan fingerprint density at radius 3 is 2.20 bits per heavy atom. The van der Waals surface area contributed by atoms with Crippen LogP contribution in [0.4, 0.5) is 19.7 Å². The van der Waals surface area contributed by atoms with Crippen molar-refractivity contribution in [2.24, 2.45) is 0 Å². The Bertz CT molecular complexity index is 1250. The minimum Gasteiger partial charge on any atom is -0.454 e. The fourth-order valence-electron chi connectivity index (χ4n) is 4.10. The standard InChI is InChI=1S/C30H37FN2O11/c1-6-39-27-25(38-5)24(42-22(34)16-32-28(36)44-30(2,3)4)23(43-26(35)18-10-8-7-9-11-18)21(41-27)17-40-29(37)33-20-14-12-19(31)13-15-20/h7-15,21,23-25,27H,6,16-17H2,1-5H3,(H,32,36)(H,33,37)/t21-,23-,24+,25-,27+/m1/s1. The van der Waals surface area contributed by atoms with Crippen molar-refractivity contribution in [2.75, 3.05) is 32.2 Å². The highest BCUT2D eigenvalue weighted by atomic mass is 19.1. The second-order valence-corrected chi connectivity index (χ2v) is 10.5. The van der Waals surface area contributed by atoms with Crippen LogP contribution in [-0.2, 0) is 38.0 Å². The van der Waals surface area contributed by atoms with Gasteiger partial charge in [-0.05, 0) is 64.1 Å². The van der Waals surface area contributed by atoms with Gasteiger partial charge >= 0.3 is 24.1 Å². The van der Waals surface area contributed by atoms with E-state index < -0.39 is 79.4 Å². The summed E-state index contributed by atoms with van der Waals surface area (Å²) in [6.45, 7) is 5.80. The lowest BCUT2D eigenvalue weighted by Crippen LogP contribution is -2.62. The van der Waals surface area contributed by atoms with Crippen molar-refractivity contribution < 1.29 is 56.7 Å². The van der Waals surface area contributed by atoms with Crippen LogP contribution in [-0.4, -0.2) is 87.3 Å². The molecule has 0 aromatic heterocycles. The molecular formula is C30H37FN2O11. The van der Waals surface area contributed by atoms with Crippen molar-refractivity contribution in [2.45, 2.75) is 64.0 Å². The molecule has 44 heavy (non-hydrogen) atoms. The van der Waals surface area contributed by atoms with Gasteiger partial charge < -0.3 is 38.5 Å². The zero-order valence-corrected chi connectivity index (χ0v) is 25.1. The van der Waals surface area contributed by atoms with Crippen LogP contribution >= 0.6 is 0 Å². The molecule has 0 radical (unpaired) electrons. The molecule has 2 amide bonds. The van der Waals surface area contributed by atoms with Crippen LogP contribution in [0.1, 0.15) is 38.1 Å². The van der Waals surface area contributed by atoms with E-state index in [4.69, 9.17) is 33.2 Å². The second kappa shape index (κ2) is 16.0. The van der Waals surface area contributed by atoms with E-state index in [1.165, 1.54) is 31.4 Å². The van der Waals surface area contributed by atoms with E-state index >= 15 is 0 Å². The summed E-state index contributed by atoms with van der Waals surface area (Å²) in [4.78, 5) is 50.7. The van der Waals surface area contributed by atoms with Gasteiger partial charge in [0, 0.05) is 19.4 Å². The number of esters is 2. The van der Waals surface area contributed by atoms with Gasteiger partial charge in [-0.1, -0.05) is 18.2 Å². The van der Waals surface area contributed by atoms with Crippen LogP contribution in [0.5, 0.6) is 0 Å². The molecule has 1 saturated heterocycles. The number of carbonyl (C=O) groups is 4. The first-order valence-electron chi connectivity index (χ1n) is 13.8. The number of ether oxygens (including phenoxy) is 7. The highest BCUT2D eigenvalue weighted by molar-refractivity contribution is 5.89. The molecule has 2 aromatic carbocycles. The Hall–Kier alpha value is -4.27. The normalized spacial score (nSPS) is 21.5.